The second-order valence-corrected chi connectivity index (χ2v) is 7.27. The Kier molecular flexibility index (Phi) is 5.95. The van der Waals surface area contributed by atoms with Gasteiger partial charge in [-0.05, 0) is 41.8 Å². The van der Waals surface area contributed by atoms with E-state index in [1.807, 2.05) is 53.2 Å². The second-order valence-electron chi connectivity index (χ2n) is 6.86. The summed E-state index contributed by atoms with van der Waals surface area (Å²) in [6.07, 6.45) is 4.25. The van der Waals surface area contributed by atoms with E-state index in [4.69, 9.17) is 16.3 Å². The van der Waals surface area contributed by atoms with Crippen molar-refractivity contribution in [3.05, 3.63) is 88.8 Å². The molecule has 0 bridgehead atoms. The lowest BCUT2D eigenvalue weighted by atomic mass is 10.2. The first-order valence-corrected chi connectivity index (χ1v) is 9.98. The number of hydrogen-bond donors (Lipinski definition) is 1. The Morgan fingerprint density at radius 1 is 1.13 bits per heavy atom. The van der Waals surface area contributed by atoms with Crippen LogP contribution < -0.4 is 10.1 Å². The molecule has 0 spiro atoms. The Morgan fingerprint density at radius 3 is 2.80 bits per heavy atom. The highest BCUT2D eigenvalue weighted by molar-refractivity contribution is 6.32. The van der Waals surface area contributed by atoms with E-state index < -0.39 is 0 Å². The van der Waals surface area contributed by atoms with Gasteiger partial charge in [0.1, 0.15) is 5.75 Å². The van der Waals surface area contributed by atoms with Crippen LogP contribution in [0.2, 0.25) is 5.02 Å². The van der Waals surface area contributed by atoms with E-state index in [0.29, 0.717) is 36.0 Å². The van der Waals surface area contributed by atoms with Gasteiger partial charge in [0.05, 0.1) is 24.2 Å². The molecule has 0 aliphatic rings. The van der Waals surface area contributed by atoms with E-state index in [9.17, 15) is 4.79 Å². The lowest BCUT2D eigenvalue weighted by molar-refractivity contribution is 0.0950. The van der Waals surface area contributed by atoms with Gasteiger partial charge in [-0.2, -0.15) is 5.10 Å². The summed E-state index contributed by atoms with van der Waals surface area (Å²) in [5.74, 6) is 0.418. The van der Waals surface area contributed by atoms with Gasteiger partial charge >= 0.3 is 0 Å². The Morgan fingerprint density at radius 2 is 2.00 bits per heavy atom. The first kappa shape index (κ1) is 19.9. The molecule has 0 radical (unpaired) electrons. The first-order chi connectivity index (χ1) is 14.7. The molecule has 0 unspecified atom stereocenters. The fourth-order valence-electron chi connectivity index (χ4n) is 3.34. The summed E-state index contributed by atoms with van der Waals surface area (Å²) in [6.45, 7) is 1.01. The largest absolute Gasteiger partial charge is 0.495 e. The van der Waals surface area contributed by atoms with Gasteiger partial charge in [0.15, 0.2) is 5.69 Å². The zero-order chi connectivity index (χ0) is 20.9. The summed E-state index contributed by atoms with van der Waals surface area (Å²) in [6, 6.07) is 17.2. The third kappa shape index (κ3) is 4.28. The van der Waals surface area contributed by atoms with Crippen LogP contribution in [0.25, 0.3) is 10.9 Å². The van der Waals surface area contributed by atoms with Gasteiger partial charge in [0.25, 0.3) is 5.91 Å². The number of nitrogens with zero attached hydrogens (tertiary/aromatic N) is 3. The van der Waals surface area contributed by atoms with Crippen LogP contribution >= 0.6 is 11.6 Å². The lowest BCUT2D eigenvalue weighted by Crippen LogP contribution is -2.26. The average Bonchev–Trinajstić information content (AvgIpc) is 3.14. The highest BCUT2D eigenvalue weighted by Gasteiger charge is 2.17. The van der Waals surface area contributed by atoms with Crippen LogP contribution in [0, 0.1) is 0 Å². The third-order valence-electron chi connectivity index (χ3n) is 4.84. The van der Waals surface area contributed by atoms with Crippen molar-refractivity contribution in [2.75, 3.05) is 13.7 Å². The van der Waals surface area contributed by atoms with E-state index >= 15 is 0 Å². The second kappa shape index (κ2) is 8.97. The van der Waals surface area contributed by atoms with Gasteiger partial charge in [-0.1, -0.05) is 41.9 Å². The number of aromatic nitrogens is 3. The molecule has 1 N–H and O–H groups in total. The number of methoxy groups -OCH3 is 1. The molecule has 2 aromatic heterocycles. The maximum Gasteiger partial charge on any atom is 0.272 e. The Labute approximate surface area is 179 Å². The smallest absolute Gasteiger partial charge is 0.272 e. The fraction of sp³-hybridized carbons (Fsp3) is 0.174. The quantitative estimate of drug-likeness (QED) is 0.488. The first-order valence-electron chi connectivity index (χ1n) is 9.61. The molecule has 7 heteroatoms. The molecule has 152 valence electrons. The van der Waals surface area contributed by atoms with E-state index in [2.05, 4.69) is 15.4 Å². The molecule has 2 aromatic carbocycles. The van der Waals surface area contributed by atoms with Crippen molar-refractivity contribution in [1.82, 2.24) is 20.1 Å². The number of ether oxygens (including phenoxy) is 1. The number of carbonyl (C=O) groups is 1. The number of pyridine rings is 1. The van der Waals surface area contributed by atoms with Crippen molar-refractivity contribution in [2.45, 2.75) is 13.0 Å². The van der Waals surface area contributed by atoms with Gasteiger partial charge in [0.2, 0.25) is 0 Å². The summed E-state index contributed by atoms with van der Waals surface area (Å²) < 4.78 is 7.13. The molecular weight excluding hydrogens is 400 g/mol. The molecule has 0 atom stereocenters. The molecule has 0 saturated carbocycles. The van der Waals surface area contributed by atoms with Crippen molar-refractivity contribution in [3.8, 4) is 5.75 Å². The molecule has 4 rings (SSSR count). The van der Waals surface area contributed by atoms with Crippen LogP contribution in [0.15, 0.2) is 67.0 Å². The van der Waals surface area contributed by atoms with Crippen molar-refractivity contribution in [3.63, 3.8) is 0 Å². The summed E-state index contributed by atoms with van der Waals surface area (Å²) in [5.41, 5.74) is 3.36. The van der Waals surface area contributed by atoms with Crippen molar-refractivity contribution in [1.29, 1.82) is 0 Å². The molecule has 1 amide bonds. The molecule has 0 saturated heterocycles. The summed E-state index contributed by atoms with van der Waals surface area (Å²) in [5, 5.41) is 8.94. The van der Waals surface area contributed by atoms with Gasteiger partial charge in [0, 0.05) is 24.3 Å². The normalized spacial score (nSPS) is 10.9. The van der Waals surface area contributed by atoms with Crippen LogP contribution in [0.4, 0.5) is 0 Å². The van der Waals surface area contributed by atoms with Crippen molar-refractivity contribution >= 4 is 28.4 Å². The van der Waals surface area contributed by atoms with E-state index in [1.54, 1.807) is 25.6 Å². The van der Waals surface area contributed by atoms with E-state index in [0.717, 1.165) is 22.0 Å². The Bertz CT molecular complexity index is 1170. The molecule has 0 fully saturated rings. The standard InChI is InChI=1S/C23H21ClN4O2/c1-30-21-13-17(8-9-19(21)24)15-28-20-7-3-2-6-18(20)22(27-28)23(29)26-12-10-16-5-4-11-25-14-16/h2-9,11,13-14H,10,12,15H2,1H3,(H,26,29). The van der Waals surface area contributed by atoms with Gasteiger partial charge in [-0.3, -0.25) is 14.5 Å². The monoisotopic (exact) mass is 420 g/mol. The summed E-state index contributed by atoms with van der Waals surface area (Å²) in [7, 11) is 1.59. The number of carbonyl (C=O) groups excluding carboxylic acids is 1. The van der Waals surface area contributed by atoms with Crippen LogP contribution in [0.3, 0.4) is 0 Å². The fourth-order valence-corrected chi connectivity index (χ4v) is 3.54. The minimum atomic E-state index is -0.192. The van der Waals surface area contributed by atoms with Crippen LogP contribution in [-0.4, -0.2) is 34.3 Å². The predicted molar refractivity (Wildman–Crippen MR) is 117 cm³/mol. The molecule has 6 nitrogen and oxygen atoms in total. The Hall–Kier alpha value is -3.38. The molecule has 0 aliphatic heterocycles. The molecule has 4 aromatic rings. The van der Waals surface area contributed by atoms with Crippen LogP contribution in [0.5, 0.6) is 5.75 Å². The maximum absolute atomic E-state index is 12.8. The number of halogens is 1. The molecular formula is C23H21ClN4O2. The van der Waals surface area contributed by atoms with E-state index in [-0.39, 0.29) is 5.91 Å². The SMILES string of the molecule is COc1cc(Cn2nc(C(=O)NCCc3cccnc3)c3ccccc32)ccc1Cl. The number of rotatable bonds is 7. The van der Waals surface area contributed by atoms with Crippen LogP contribution in [-0.2, 0) is 13.0 Å². The lowest BCUT2D eigenvalue weighted by Gasteiger charge is -2.08. The van der Waals surface area contributed by atoms with Crippen LogP contribution in [0.1, 0.15) is 21.6 Å². The minimum Gasteiger partial charge on any atom is -0.495 e. The average molecular weight is 421 g/mol. The number of benzene rings is 2. The summed E-state index contributed by atoms with van der Waals surface area (Å²) >= 11 is 6.13. The zero-order valence-corrected chi connectivity index (χ0v) is 17.3. The van der Waals surface area contributed by atoms with Gasteiger partial charge in [-0.25, -0.2) is 0 Å². The van der Waals surface area contributed by atoms with Gasteiger partial charge < -0.3 is 10.1 Å². The topological polar surface area (TPSA) is 69.0 Å². The number of hydrogen-bond acceptors (Lipinski definition) is 4. The minimum absolute atomic E-state index is 0.192. The number of nitrogens with one attached hydrogen (secondary N) is 1. The number of para-hydroxylation sites is 1. The van der Waals surface area contributed by atoms with Gasteiger partial charge in [-0.15, -0.1) is 0 Å². The van der Waals surface area contributed by atoms with Crippen molar-refractivity contribution in [2.24, 2.45) is 0 Å². The van der Waals surface area contributed by atoms with E-state index in [1.165, 1.54) is 0 Å². The zero-order valence-electron chi connectivity index (χ0n) is 16.5. The highest BCUT2D eigenvalue weighted by atomic mass is 35.5. The van der Waals surface area contributed by atoms with Crippen molar-refractivity contribution < 1.29 is 9.53 Å². The number of fused-ring (bicyclic) bond motifs is 1. The number of amides is 1. The molecule has 30 heavy (non-hydrogen) atoms. The summed E-state index contributed by atoms with van der Waals surface area (Å²) in [4.78, 5) is 16.9. The highest BCUT2D eigenvalue weighted by Crippen LogP contribution is 2.26. The third-order valence-corrected chi connectivity index (χ3v) is 5.16. The molecule has 0 aliphatic carbocycles. The predicted octanol–water partition coefficient (Wildman–Crippen LogP) is 4.11. The molecule has 2 heterocycles. The Balaban J connectivity index is 1.55. The maximum atomic E-state index is 12.8.